The number of H-pyrrole nitrogens is 1. The number of rotatable bonds is 5. The third kappa shape index (κ3) is 5.60. The van der Waals surface area contributed by atoms with Crippen molar-refractivity contribution >= 4 is 18.1 Å². The van der Waals surface area contributed by atoms with Gasteiger partial charge in [0, 0.05) is 19.1 Å². The van der Waals surface area contributed by atoms with Crippen LogP contribution in [0.15, 0.2) is 30.5 Å². The molecule has 3 N–H and O–H groups in total. The van der Waals surface area contributed by atoms with E-state index in [1.807, 2.05) is 47.7 Å². The van der Waals surface area contributed by atoms with E-state index in [1.165, 1.54) is 10.5 Å². The van der Waals surface area contributed by atoms with Crippen molar-refractivity contribution < 1.29 is 24.2 Å². The molecule has 42 heavy (non-hydrogen) atoms. The van der Waals surface area contributed by atoms with Gasteiger partial charge in [-0.1, -0.05) is 45.0 Å². The minimum absolute atomic E-state index is 0.0344. The number of amides is 3. The Morgan fingerprint density at radius 1 is 1.05 bits per heavy atom. The molecule has 3 heterocycles. The monoisotopic (exact) mass is 579 g/mol. The Kier molecular flexibility index (Phi) is 7.79. The molecule has 3 aliphatic rings. The molecule has 2 saturated heterocycles. The van der Waals surface area contributed by atoms with Crippen LogP contribution in [0.5, 0.6) is 0 Å². The zero-order valence-corrected chi connectivity index (χ0v) is 25.7. The van der Waals surface area contributed by atoms with Crippen molar-refractivity contribution in [3.05, 3.63) is 41.9 Å². The number of nitrogens with zero attached hydrogens (tertiary/aromatic N) is 3. The van der Waals surface area contributed by atoms with Crippen LogP contribution in [-0.4, -0.2) is 73.2 Å². The average molecular weight is 580 g/mol. The summed E-state index contributed by atoms with van der Waals surface area (Å²) in [4.78, 5) is 49.4. The molecule has 0 spiro atoms. The molecular weight excluding hydrogens is 534 g/mol. The standard InChI is InChI=1S/C32H45N5O5/c1-30(2,3)32(14-8-16-37(32)28(39)40)27(38)34-23-17-22(18-23)20-10-12-21(13-11-20)24-19-33-26(35-24)25-9-7-15-36(25)29(41)42-31(4,5)6/h10-13,19,22-23,25H,7-9,14-18H2,1-6H3,(H,33,35)(H,34,38)(H,39,40)/t22?,23?,25-,32+/m0/s1. The molecule has 3 amide bonds. The van der Waals surface area contributed by atoms with Crippen LogP contribution in [0.4, 0.5) is 9.59 Å². The molecule has 3 fully saturated rings. The van der Waals surface area contributed by atoms with E-state index in [0.29, 0.717) is 31.8 Å². The van der Waals surface area contributed by atoms with Gasteiger partial charge >= 0.3 is 12.2 Å². The van der Waals surface area contributed by atoms with E-state index in [2.05, 4.69) is 39.6 Å². The molecule has 1 aliphatic carbocycles. The lowest BCUT2D eigenvalue weighted by Crippen LogP contribution is -2.65. The second-order valence-corrected chi connectivity index (χ2v) is 14.1. The van der Waals surface area contributed by atoms with Crippen LogP contribution >= 0.6 is 0 Å². The van der Waals surface area contributed by atoms with Gasteiger partial charge in [-0.25, -0.2) is 14.6 Å². The number of carbonyl (C=O) groups is 3. The highest BCUT2D eigenvalue weighted by Gasteiger charge is 2.57. The Hall–Kier alpha value is -3.56. The summed E-state index contributed by atoms with van der Waals surface area (Å²) in [6.45, 7) is 12.5. The van der Waals surface area contributed by atoms with E-state index in [1.54, 1.807) is 4.90 Å². The number of aromatic nitrogens is 2. The fourth-order valence-electron chi connectivity index (χ4n) is 6.92. The fraction of sp³-hybridized carbons (Fsp3) is 0.625. The van der Waals surface area contributed by atoms with Crippen molar-refractivity contribution in [2.24, 2.45) is 5.41 Å². The van der Waals surface area contributed by atoms with Gasteiger partial charge in [-0.3, -0.25) is 14.6 Å². The van der Waals surface area contributed by atoms with E-state index < -0.39 is 22.6 Å². The molecular formula is C32H45N5O5. The SMILES string of the molecule is CC(C)(C)OC(=O)N1CCC[C@H]1c1ncc(-c2ccc(C3CC(NC(=O)[C@@]4(C(C)(C)C)CCCN4C(=O)O)C3)cc2)[nH]1. The first kappa shape index (κ1) is 29.9. The zero-order chi connectivity index (χ0) is 30.4. The Labute approximate surface area is 248 Å². The molecule has 10 nitrogen and oxygen atoms in total. The van der Waals surface area contributed by atoms with Crippen LogP contribution < -0.4 is 5.32 Å². The summed E-state index contributed by atoms with van der Waals surface area (Å²) in [6.07, 6.45) is 5.12. The normalized spacial score (nSPS) is 26.2. The summed E-state index contributed by atoms with van der Waals surface area (Å²) in [5, 5.41) is 13.0. The second-order valence-electron chi connectivity index (χ2n) is 14.1. The molecule has 0 unspecified atom stereocenters. The van der Waals surface area contributed by atoms with E-state index in [4.69, 9.17) is 4.74 Å². The lowest BCUT2D eigenvalue weighted by molar-refractivity contribution is -0.139. The minimum Gasteiger partial charge on any atom is -0.465 e. The van der Waals surface area contributed by atoms with E-state index in [0.717, 1.165) is 42.8 Å². The zero-order valence-electron chi connectivity index (χ0n) is 25.7. The van der Waals surface area contributed by atoms with Crippen LogP contribution in [0.25, 0.3) is 11.3 Å². The smallest absolute Gasteiger partial charge is 0.410 e. The number of benzene rings is 1. The second kappa shape index (κ2) is 10.9. The number of imidazole rings is 1. The summed E-state index contributed by atoms with van der Waals surface area (Å²) in [6, 6.07) is 8.32. The molecule has 2 aromatic rings. The first-order valence-corrected chi connectivity index (χ1v) is 15.2. The summed E-state index contributed by atoms with van der Waals surface area (Å²) in [5.74, 6) is 0.940. The van der Waals surface area contributed by atoms with Crippen molar-refractivity contribution in [3.63, 3.8) is 0 Å². The largest absolute Gasteiger partial charge is 0.465 e. The van der Waals surface area contributed by atoms with Crippen LogP contribution in [0, 0.1) is 5.41 Å². The summed E-state index contributed by atoms with van der Waals surface area (Å²) < 4.78 is 5.60. The predicted molar refractivity (Wildman–Crippen MR) is 159 cm³/mol. The topological polar surface area (TPSA) is 128 Å². The molecule has 228 valence electrons. The fourth-order valence-corrected chi connectivity index (χ4v) is 6.92. The molecule has 10 heteroatoms. The number of hydrogen-bond acceptors (Lipinski definition) is 5. The average Bonchev–Trinajstić information content (AvgIpc) is 3.63. The van der Waals surface area contributed by atoms with E-state index in [-0.39, 0.29) is 24.1 Å². The van der Waals surface area contributed by atoms with Crippen LogP contribution in [0.1, 0.15) is 103 Å². The van der Waals surface area contributed by atoms with E-state index >= 15 is 0 Å². The maximum atomic E-state index is 13.5. The first-order chi connectivity index (χ1) is 19.7. The lowest BCUT2D eigenvalue weighted by Gasteiger charge is -2.47. The lowest BCUT2D eigenvalue weighted by atomic mass is 9.70. The molecule has 1 aromatic heterocycles. The quantitative estimate of drug-likeness (QED) is 0.395. The molecule has 0 radical (unpaired) electrons. The van der Waals surface area contributed by atoms with Crippen molar-refractivity contribution in [3.8, 4) is 11.3 Å². The van der Waals surface area contributed by atoms with Gasteiger partial charge in [-0.15, -0.1) is 0 Å². The maximum Gasteiger partial charge on any atom is 0.410 e. The van der Waals surface area contributed by atoms with Gasteiger partial charge in [-0.05, 0) is 81.8 Å². The number of nitrogens with one attached hydrogen (secondary N) is 2. The highest BCUT2D eigenvalue weighted by molar-refractivity contribution is 5.91. The van der Waals surface area contributed by atoms with Crippen LogP contribution in [-0.2, 0) is 9.53 Å². The molecule has 2 aliphatic heterocycles. The maximum absolute atomic E-state index is 13.5. The van der Waals surface area contributed by atoms with E-state index in [9.17, 15) is 19.5 Å². The number of carboxylic acid groups (broad SMARTS) is 1. The highest BCUT2D eigenvalue weighted by Crippen LogP contribution is 2.45. The Bertz CT molecular complexity index is 1320. The Morgan fingerprint density at radius 3 is 2.36 bits per heavy atom. The summed E-state index contributed by atoms with van der Waals surface area (Å²) in [5.41, 5.74) is 1.04. The highest BCUT2D eigenvalue weighted by atomic mass is 16.6. The molecule has 1 saturated carbocycles. The predicted octanol–water partition coefficient (Wildman–Crippen LogP) is 6.07. The summed E-state index contributed by atoms with van der Waals surface area (Å²) in [7, 11) is 0. The molecule has 1 aromatic carbocycles. The van der Waals surface area contributed by atoms with Crippen molar-refractivity contribution in [1.82, 2.24) is 25.1 Å². The Balaban J connectivity index is 1.19. The number of likely N-dealkylation sites (tertiary alicyclic amines) is 2. The van der Waals surface area contributed by atoms with Crippen molar-refractivity contribution in [2.45, 2.75) is 109 Å². The molecule has 2 atom stereocenters. The van der Waals surface area contributed by atoms with Crippen molar-refractivity contribution in [2.75, 3.05) is 13.1 Å². The van der Waals surface area contributed by atoms with Gasteiger partial charge in [0.2, 0.25) is 5.91 Å². The van der Waals surface area contributed by atoms with Crippen LogP contribution in [0.2, 0.25) is 0 Å². The van der Waals surface area contributed by atoms with Gasteiger partial charge in [-0.2, -0.15) is 0 Å². The van der Waals surface area contributed by atoms with Crippen molar-refractivity contribution in [1.29, 1.82) is 0 Å². The number of ether oxygens (including phenoxy) is 1. The van der Waals surface area contributed by atoms with Gasteiger partial charge in [0.1, 0.15) is 17.0 Å². The van der Waals surface area contributed by atoms with Crippen LogP contribution in [0.3, 0.4) is 0 Å². The van der Waals surface area contributed by atoms with Gasteiger partial charge in [0.25, 0.3) is 0 Å². The van der Waals surface area contributed by atoms with Gasteiger partial charge in [0.15, 0.2) is 0 Å². The first-order valence-electron chi connectivity index (χ1n) is 15.2. The molecule has 5 rings (SSSR count). The third-order valence-electron chi connectivity index (χ3n) is 9.19. The third-order valence-corrected chi connectivity index (χ3v) is 9.19. The minimum atomic E-state index is -1.04. The van der Waals surface area contributed by atoms with Gasteiger partial charge < -0.3 is 20.1 Å². The number of hydrogen-bond donors (Lipinski definition) is 3. The van der Waals surface area contributed by atoms with Gasteiger partial charge in [0.05, 0.1) is 17.9 Å². The Morgan fingerprint density at radius 2 is 1.74 bits per heavy atom. The number of carbonyl (C=O) groups excluding carboxylic acids is 2. The number of aromatic amines is 1. The molecule has 0 bridgehead atoms. The summed E-state index contributed by atoms with van der Waals surface area (Å²) >= 11 is 0.